The molecule has 36 heavy (non-hydrogen) atoms. The van der Waals surface area contributed by atoms with E-state index in [0.29, 0.717) is 0 Å². The second-order valence-electron chi connectivity index (χ2n) is 11.1. The maximum atomic E-state index is 6.84. The van der Waals surface area contributed by atoms with Gasteiger partial charge in [0.2, 0.25) is 5.69 Å². The molecule has 1 atom stereocenters. The van der Waals surface area contributed by atoms with E-state index in [9.17, 15) is 0 Å². The fraction of sp³-hybridized carbons (Fsp3) is 0.324. The SMILES string of the molecule is Cc1ccc2c(oc3c(-c4cccc5c4CCC(C4CCCC4)C5)cccc32)c1-c1cccc[n+]1C. The molecule has 2 heteroatoms. The lowest BCUT2D eigenvalue weighted by molar-refractivity contribution is -0.660. The van der Waals surface area contributed by atoms with Crippen LogP contribution < -0.4 is 4.57 Å². The third kappa shape index (κ3) is 3.42. The van der Waals surface area contributed by atoms with E-state index in [0.717, 1.165) is 23.0 Å². The van der Waals surface area contributed by atoms with Crippen molar-refractivity contribution in [1.29, 1.82) is 0 Å². The molecule has 0 aliphatic heterocycles. The van der Waals surface area contributed by atoms with Gasteiger partial charge < -0.3 is 4.42 Å². The Hall–Kier alpha value is -3.39. The van der Waals surface area contributed by atoms with Gasteiger partial charge in [0.05, 0.1) is 5.56 Å². The monoisotopic (exact) mass is 472 g/mol. The van der Waals surface area contributed by atoms with Gasteiger partial charge in [-0.1, -0.05) is 74.2 Å². The Labute approximate surface area is 213 Å². The van der Waals surface area contributed by atoms with Crippen LogP contribution in [0.15, 0.2) is 77.3 Å². The van der Waals surface area contributed by atoms with Crippen molar-refractivity contribution in [2.45, 2.75) is 51.9 Å². The van der Waals surface area contributed by atoms with Gasteiger partial charge in [-0.05, 0) is 66.3 Å². The number of furan rings is 1. The van der Waals surface area contributed by atoms with Crippen LogP contribution in [0.1, 0.15) is 48.8 Å². The lowest BCUT2D eigenvalue weighted by atomic mass is 9.74. The molecule has 0 saturated heterocycles. The number of nitrogens with zero attached hydrogens (tertiary/aromatic N) is 1. The number of aromatic nitrogens is 1. The van der Waals surface area contributed by atoms with E-state index in [4.69, 9.17) is 4.42 Å². The Morgan fingerprint density at radius 2 is 1.56 bits per heavy atom. The molecule has 7 rings (SSSR count). The van der Waals surface area contributed by atoms with Crippen LogP contribution in [0.2, 0.25) is 0 Å². The summed E-state index contributed by atoms with van der Waals surface area (Å²) in [5, 5.41) is 2.40. The molecule has 0 amide bonds. The van der Waals surface area contributed by atoms with Crippen LogP contribution in [0.3, 0.4) is 0 Å². The van der Waals surface area contributed by atoms with Gasteiger partial charge in [0.25, 0.3) is 0 Å². The minimum Gasteiger partial charge on any atom is -0.454 e. The van der Waals surface area contributed by atoms with Crippen molar-refractivity contribution in [3.05, 3.63) is 89.6 Å². The summed E-state index contributed by atoms with van der Waals surface area (Å²) in [6.07, 6.45) is 11.6. The average Bonchev–Trinajstić information content (AvgIpc) is 3.57. The first kappa shape index (κ1) is 21.9. The van der Waals surface area contributed by atoms with E-state index >= 15 is 0 Å². The first-order chi connectivity index (χ1) is 17.7. The number of aryl methyl sites for hydroxylation is 2. The van der Waals surface area contributed by atoms with Crippen molar-refractivity contribution >= 4 is 21.9 Å². The molecular formula is C34H34NO+. The highest BCUT2D eigenvalue weighted by atomic mass is 16.3. The molecule has 0 N–H and O–H groups in total. The number of benzene rings is 3. The summed E-state index contributed by atoms with van der Waals surface area (Å²) in [5.41, 5.74) is 11.3. The largest absolute Gasteiger partial charge is 0.454 e. The number of hydrogen-bond donors (Lipinski definition) is 0. The van der Waals surface area contributed by atoms with Crippen LogP contribution in [0, 0.1) is 18.8 Å². The molecule has 1 saturated carbocycles. The van der Waals surface area contributed by atoms with Gasteiger partial charge in [-0.2, -0.15) is 0 Å². The summed E-state index contributed by atoms with van der Waals surface area (Å²) < 4.78 is 9.02. The van der Waals surface area contributed by atoms with Crippen molar-refractivity contribution < 1.29 is 8.98 Å². The Morgan fingerprint density at radius 3 is 2.42 bits per heavy atom. The van der Waals surface area contributed by atoms with Gasteiger partial charge in [0.1, 0.15) is 18.2 Å². The smallest absolute Gasteiger partial charge is 0.216 e. The summed E-state index contributed by atoms with van der Waals surface area (Å²) in [5.74, 6) is 1.82. The fourth-order valence-corrected chi connectivity index (χ4v) is 7.19. The van der Waals surface area contributed by atoms with Gasteiger partial charge in [-0.25, -0.2) is 4.57 Å². The van der Waals surface area contributed by atoms with Crippen LogP contribution in [0.4, 0.5) is 0 Å². The highest BCUT2D eigenvalue weighted by Gasteiger charge is 2.30. The Kier molecular flexibility index (Phi) is 5.23. The zero-order valence-corrected chi connectivity index (χ0v) is 21.4. The average molecular weight is 473 g/mol. The number of rotatable bonds is 3. The summed E-state index contributed by atoms with van der Waals surface area (Å²) in [4.78, 5) is 0. The van der Waals surface area contributed by atoms with E-state index in [-0.39, 0.29) is 0 Å². The summed E-state index contributed by atoms with van der Waals surface area (Å²) in [6.45, 7) is 2.18. The third-order valence-electron chi connectivity index (χ3n) is 9.06. The van der Waals surface area contributed by atoms with Gasteiger partial charge in [0, 0.05) is 28.5 Å². The summed E-state index contributed by atoms with van der Waals surface area (Å²) in [7, 11) is 2.11. The predicted molar refractivity (Wildman–Crippen MR) is 148 cm³/mol. The highest BCUT2D eigenvalue weighted by Crippen LogP contribution is 2.44. The first-order valence-electron chi connectivity index (χ1n) is 13.7. The molecule has 3 aromatic carbocycles. The lowest BCUT2D eigenvalue weighted by Crippen LogP contribution is -2.30. The second-order valence-corrected chi connectivity index (χ2v) is 11.1. The molecule has 0 radical (unpaired) electrons. The third-order valence-corrected chi connectivity index (χ3v) is 9.06. The molecule has 5 aromatic rings. The molecule has 0 spiro atoms. The fourth-order valence-electron chi connectivity index (χ4n) is 7.19. The van der Waals surface area contributed by atoms with E-state index in [1.165, 1.54) is 83.7 Å². The van der Waals surface area contributed by atoms with E-state index in [1.807, 2.05) is 0 Å². The Balaban J connectivity index is 1.40. The standard InChI is InChI=1S/C34H34NO/c1-22-16-18-30-29-14-8-13-28(33(29)36-34(30)32(22)31-15-5-6-20-35(31)2)27-12-7-11-25-21-24(17-19-26(25)27)23-9-3-4-10-23/h5-8,11-16,18,20,23-24H,3-4,9-10,17,19,21H2,1-2H3/q+1. The van der Waals surface area contributed by atoms with Gasteiger partial charge in [0.15, 0.2) is 6.20 Å². The van der Waals surface area contributed by atoms with Crippen molar-refractivity contribution in [2.24, 2.45) is 18.9 Å². The molecule has 180 valence electrons. The van der Waals surface area contributed by atoms with E-state index < -0.39 is 0 Å². The van der Waals surface area contributed by atoms with Crippen molar-refractivity contribution in [2.75, 3.05) is 0 Å². The first-order valence-corrected chi connectivity index (χ1v) is 13.7. The van der Waals surface area contributed by atoms with Gasteiger partial charge in [-0.15, -0.1) is 0 Å². The number of pyridine rings is 1. The normalized spacial score (nSPS) is 18.2. The van der Waals surface area contributed by atoms with Crippen LogP contribution in [0.5, 0.6) is 0 Å². The topological polar surface area (TPSA) is 17.0 Å². The van der Waals surface area contributed by atoms with Gasteiger partial charge >= 0.3 is 0 Å². The maximum absolute atomic E-state index is 6.84. The second kappa shape index (κ2) is 8.62. The molecule has 1 fully saturated rings. The molecule has 2 aliphatic rings. The van der Waals surface area contributed by atoms with Crippen LogP contribution in [0.25, 0.3) is 44.3 Å². The quantitative estimate of drug-likeness (QED) is 0.241. The molecular weight excluding hydrogens is 438 g/mol. The van der Waals surface area contributed by atoms with Crippen LogP contribution >= 0.6 is 0 Å². The van der Waals surface area contributed by atoms with Crippen molar-refractivity contribution in [3.8, 4) is 22.4 Å². The number of hydrogen-bond acceptors (Lipinski definition) is 1. The Morgan fingerprint density at radius 1 is 0.750 bits per heavy atom. The van der Waals surface area contributed by atoms with E-state index in [2.05, 4.69) is 91.5 Å². The summed E-state index contributed by atoms with van der Waals surface area (Å²) >= 11 is 0. The zero-order valence-electron chi connectivity index (χ0n) is 21.4. The Bertz CT molecular complexity index is 1600. The predicted octanol–water partition coefficient (Wildman–Crippen LogP) is 8.35. The van der Waals surface area contributed by atoms with Crippen molar-refractivity contribution in [1.82, 2.24) is 0 Å². The minimum absolute atomic E-state index is 0.870. The lowest BCUT2D eigenvalue weighted by Gasteiger charge is -2.30. The molecule has 0 bridgehead atoms. The zero-order chi connectivity index (χ0) is 24.2. The van der Waals surface area contributed by atoms with Crippen LogP contribution in [-0.4, -0.2) is 0 Å². The number of fused-ring (bicyclic) bond motifs is 4. The number of para-hydroxylation sites is 1. The minimum atomic E-state index is 0.870. The highest BCUT2D eigenvalue weighted by molar-refractivity contribution is 6.13. The summed E-state index contributed by atoms with van der Waals surface area (Å²) in [6, 6.07) is 24.5. The molecule has 2 aromatic heterocycles. The molecule has 1 unspecified atom stereocenters. The molecule has 2 nitrogen and oxygen atoms in total. The molecule has 2 heterocycles. The van der Waals surface area contributed by atoms with Crippen molar-refractivity contribution in [3.63, 3.8) is 0 Å². The van der Waals surface area contributed by atoms with Crippen LogP contribution in [-0.2, 0) is 19.9 Å². The van der Waals surface area contributed by atoms with E-state index in [1.54, 1.807) is 11.1 Å². The molecule has 2 aliphatic carbocycles. The maximum Gasteiger partial charge on any atom is 0.216 e. The van der Waals surface area contributed by atoms with Gasteiger partial charge in [-0.3, -0.25) is 0 Å².